The van der Waals surface area contributed by atoms with Crippen molar-refractivity contribution in [1.29, 1.82) is 0 Å². The molecule has 0 aliphatic carbocycles. The van der Waals surface area contributed by atoms with Crippen LogP contribution in [0, 0.1) is 5.82 Å². The van der Waals surface area contributed by atoms with Crippen molar-refractivity contribution in [3.8, 4) is 5.75 Å². The highest BCUT2D eigenvalue weighted by Crippen LogP contribution is 2.32. The second-order valence-corrected chi connectivity index (χ2v) is 4.10. The molecule has 2 aromatic rings. The lowest BCUT2D eigenvalue weighted by Gasteiger charge is -2.14. The maximum absolute atomic E-state index is 13.6. The van der Waals surface area contributed by atoms with E-state index < -0.39 is 11.9 Å². The molecule has 0 spiro atoms. The largest absolute Gasteiger partial charge is 0.496 e. The molecule has 0 saturated heterocycles. The van der Waals surface area contributed by atoms with E-state index >= 15 is 0 Å². The van der Waals surface area contributed by atoms with Crippen LogP contribution in [0.4, 0.5) is 4.39 Å². The van der Waals surface area contributed by atoms with E-state index in [4.69, 9.17) is 4.74 Å². The van der Waals surface area contributed by atoms with Crippen molar-refractivity contribution in [2.24, 2.45) is 0 Å². The SMILES string of the molecule is COc1cccc(F)c1C(O)c1ccsc1. The van der Waals surface area contributed by atoms with Crippen LogP contribution in [0.15, 0.2) is 35.0 Å². The molecule has 0 amide bonds. The normalized spacial score (nSPS) is 12.4. The van der Waals surface area contributed by atoms with Gasteiger partial charge in [0.05, 0.1) is 12.7 Å². The predicted molar refractivity (Wildman–Crippen MR) is 61.3 cm³/mol. The van der Waals surface area contributed by atoms with Gasteiger partial charge in [0, 0.05) is 0 Å². The zero-order valence-electron chi connectivity index (χ0n) is 8.68. The van der Waals surface area contributed by atoms with Crippen molar-refractivity contribution in [1.82, 2.24) is 0 Å². The standard InChI is InChI=1S/C12H11FO2S/c1-15-10-4-2-3-9(13)11(10)12(14)8-5-6-16-7-8/h2-7,12,14H,1H3. The van der Waals surface area contributed by atoms with Crippen LogP contribution >= 0.6 is 11.3 Å². The van der Waals surface area contributed by atoms with Crippen LogP contribution < -0.4 is 4.74 Å². The molecule has 1 atom stereocenters. The van der Waals surface area contributed by atoms with Crippen LogP contribution in [0.1, 0.15) is 17.2 Å². The Labute approximate surface area is 96.9 Å². The number of aliphatic hydroxyl groups excluding tert-OH is 1. The first-order chi connectivity index (χ1) is 7.74. The first-order valence-electron chi connectivity index (χ1n) is 4.76. The van der Waals surface area contributed by atoms with Gasteiger partial charge in [-0.05, 0) is 34.5 Å². The predicted octanol–water partition coefficient (Wildman–Crippen LogP) is 2.98. The van der Waals surface area contributed by atoms with E-state index in [9.17, 15) is 9.50 Å². The molecule has 0 saturated carbocycles. The summed E-state index contributed by atoms with van der Waals surface area (Å²) in [4.78, 5) is 0. The summed E-state index contributed by atoms with van der Waals surface area (Å²) in [5.74, 6) is -0.100. The van der Waals surface area contributed by atoms with E-state index in [0.29, 0.717) is 11.3 Å². The number of rotatable bonds is 3. The average Bonchev–Trinajstić information content (AvgIpc) is 2.81. The van der Waals surface area contributed by atoms with Gasteiger partial charge in [0.15, 0.2) is 0 Å². The van der Waals surface area contributed by atoms with Gasteiger partial charge in [0.1, 0.15) is 17.7 Å². The summed E-state index contributed by atoms with van der Waals surface area (Å²) in [7, 11) is 1.46. The van der Waals surface area contributed by atoms with Gasteiger partial charge < -0.3 is 9.84 Å². The van der Waals surface area contributed by atoms with Crippen molar-refractivity contribution in [2.75, 3.05) is 7.11 Å². The summed E-state index contributed by atoms with van der Waals surface area (Å²) >= 11 is 1.46. The molecule has 0 bridgehead atoms. The molecule has 1 N–H and O–H groups in total. The van der Waals surface area contributed by atoms with Crippen LogP contribution in [0.3, 0.4) is 0 Å². The molecular weight excluding hydrogens is 227 g/mol. The first-order valence-corrected chi connectivity index (χ1v) is 5.71. The molecule has 2 rings (SSSR count). The highest BCUT2D eigenvalue weighted by molar-refractivity contribution is 7.07. The smallest absolute Gasteiger partial charge is 0.133 e. The zero-order valence-corrected chi connectivity index (χ0v) is 9.50. The number of benzene rings is 1. The zero-order chi connectivity index (χ0) is 11.5. The molecule has 0 aliphatic heterocycles. The summed E-state index contributed by atoms with van der Waals surface area (Å²) in [6.45, 7) is 0. The molecule has 1 unspecified atom stereocenters. The van der Waals surface area contributed by atoms with Gasteiger partial charge in [-0.3, -0.25) is 0 Å². The van der Waals surface area contributed by atoms with E-state index in [2.05, 4.69) is 0 Å². The monoisotopic (exact) mass is 238 g/mol. The number of thiophene rings is 1. The van der Waals surface area contributed by atoms with Gasteiger partial charge in [-0.1, -0.05) is 6.07 Å². The summed E-state index contributed by atoms with van der Waals surface area (Å²) in [6, 6.07) is 6.26. The van der Waals surface area contributed by atoms with Gasteiger partial charge in [0.25, 0.3) is 0 Å². The van der Waals surface area contributed by atoms with Gasteiger partial charge in [-0.25, -0.2) is 4.39 Å². The summed E-state index contributed by atoms with van der Waals surface area (Å²) in [6.07, 6.45) is -0.984. The quantitative estimate of drug-likeness (QED) is 0.890. The molecule has 2 nitrogen and oxygen atoms in total. The van der Waals surface area contributed by atoms with E-state index in [1.807, 2.05) is 5.38 Å². The molecular formula is C12H11FO2S. The van der Waals surface area contributed by atoms with E-state index in [-0.39, 0.29) is 5.56 Å². The number of hydrogen-bond acceptors (Lipinski definition) is 3. The van der Waals surface area contributed by atoms with Gasteiger partial charge in [0.2, 0.25) is 0 Å². The Morgan fingerprint density at radius 2 is 2.19 bits per heavy atom. The molecule has 84 valence electrons. The second-order valence-electron chi connectivity index (χ2n) is 3.31. The highest BCUT2D eigenvalue weighted by Gasteiger charge is 2.19. The first kappa shape index (κ1) is 11.1. The van der Waals surface area contributed by atoms with Crippen molar-refractivity contribution >= 4 is 11.3 Å². The van der Waals surface area contributed by atoms with Crippen molar-refractivity contribution < 1.29 is 14.2 Å². The Kier molecular flexibility index (Phi) is 3.22. The van der Waals surface area contributed by atoms with E-state index in [1.165, 1.54) is 24.5 Å². The Balaban J connectivity index is 2.47. The third kappa shape index (κ3) is 1.94. The van der Waals surface area contributed by atoms with Crippen molar-refractivity contribution in [3.63, 3.8) is 0 Å². The third-order valence-electron chi connectivity index (χ3n) is 2.37. The van der Waals surface area contributed by atoms with Gasteiger partial charge in [-0.2, -0.15) is 11.3 Å². The molecule has 16 heavy (non-hydrogen) atoms. The summed E-state index contributed by atoms with van der Waals surface area (Å²) in [5.41, 5.74) is 0.858. The average molecular weight is 238 g/mol. The van der Waals surface area contributed by atoms with Gasteiger partial charge >= 0.3 is 0 Å². The summed E-state index contributed by atoms with van der Waals surface area (Å²) in [5, 5.41) is 13.7. The maximum atomic E-state index is 13.6. The lowest BCUT2D eigenvalue weighted by Crippen LogP contribution is -2.04. The molecule has 0 radical (unpaired) electrons. The number of hydrogen-bond donors (Lipinski definition) is 1. The minimum atomic E-state index is -0.984. The number of ether oxygens (including phenoxy) is 1. The molecule has 1 heterocycles. The Bertz CT molecular complexity index is 468. The molecule has 0 fully saturated rings. The van der Waals surface area contributed by atoms with Crippen molar-refractivity contribution in [3.05, 3.63) is 52.0 Å². The number of halogens is 1. The van der Waals surface area contributed by atoms with Crippen molar-refractivity contribution in [2.45, 2.75) is 6.10 Å². The third-order valence-corrected chi connectivity index (χ3v) is 3.07. The van der Waals surface area contributed by atoms with Gasteiger partial charge in [-0.15, -0.1) is 0 Å². The van der Waals surface area contributed by atoms with Crippen LogP contribution in [-0.2, 0) is 0 Å². The maximum Gasteiger partial charge on any atom is 0.133 e. The minimum Gasteiger partial charge on any atom is -0.496 e. The van der Waals surface area contributed by atoms with Crippen LogP contribution in [0.25, 0.3) is 0 Å². The Morgan fingerprint density at radius 3 is 2.81 bits per heavy atom. The minimum absolute atomic E-state index is 0.184. The summed E-state index contributed by atoms with van der Waals surface area (Å²) < 4.78 is 18.7. The molecule has 1 aromatic carbocycles. The lowest BCUT2D eigenvalue weighted by atomic mass is 10.0. The Hall–Kier alpha value is -1.39. The fourth-order valence-corrected chi connectivity index (χ4v) is 2.24. The molecule has 1 aromatic heterocycles. The van der Waals surface area contributed by atoms with E-state index in [1.54, 1.807) is 23.6 Å². The van der Waals surface area contributed by atoms with Crippen LogP contribution in [0.2, 0.25) is 0 Å². The van der Waals surface area contributed by atoms with Crippen LogP contribution in [0.5, 0.6) is 5.75 Å². The number of methoxy groups -OCH3 is 1. The fourth-order valence-electron chi connectivity index (χ4n) is 1.56. The molecule has 0 aliphatic rings. The molecule has 4 heteroatoms. The topological polar surface area (TPSA) is 29.5 Å². The number of aliphatic hydroxyl groups is 1. The highest BCUT2D eigenvalue weighted by atomic mass is 32.1. The second kappa shape index (κ2) is 4.63. The fraction of sp³-hybridized carbons (Fsp3) is 0.167. The van der Waals surface area contributed by atoms with Crippen LogP contribution in [-0.4, -0.2) is 12.2 Å². The Morgan fingerprint density at radius 1 is 1.38 bits per heavy atom. The lowest BCUT2D eigenvalue weighted by molar-refractivity contribution is 0.209. The van der Waals surface area contributed by atoms with E-state index in [0.717, 1.165) is 0 Å².